The van der Waals surface area contributed by atoms with Crippen molar-refractivity contribution < 1.29 is 13.9 Å². The monoisotopic (exact) mass is 352 g/mol. The first-order valence-corrected chi connectivity index (χ1v) is 9.10. The molecule has 0 radical (unpaired) electrons. The maximum atomic E-state index is 13.3. The molecule has 2 aromatic rings. The molecule has 1 aliphatic carbocycles. The lowest BCUT2D eigenvalue weighted by Crippen LogP contribution is -2.32. The Bertz CT molecular complexity index is 705. The molecular weight excluding hydrogens is 330 g/mol. The van der Waals surface area contributed by atoms with Gasteiger partial charge in [-0.2, -0.15) is 0 Å². The molecule has 130 valence electrons. The van der Waals surface area contributed by atoms with E-state index in [0.29, 0.717) is 12.8 Å². The number of nitrogens with zero attached hydrogens (tertiary/aromatic N) is 1. The number of aliphatic hydroxyl groups is 1. The predicted octanol–water partition coefficient (Wildman–Crippen LogP) is 5.16. The highest BCUT2D eigenvalue weighted by molar-refractivity contribution is 7.13. The van der Waals surface area contributed by atoms with Crippen LogP contribution in [-0.2, 0) is 0 Å². The van der Waals surface area contributed by atoms with Gasteiger partial charge in [-0.25, -0.2) is 13.8 Å². The lowest BCUT2D eigenvalue weighted by atomic mass is 9.92. The second kappa shape index (κ2) is 6.76. The third kappa shape index (κ3) is 4.11. The topological polar surface area (TPSA) is 45.1 Å². The lowest BCUT2D eigenvalue weighted by molar-refractivity contribution is -0.0360. The zero-order chi connectivity index (χ0) is 17.3. The Morgan fingerprint density at radius 1 is 1.29 bits per heavy atom. The van der Waals surface area contributed by atoms with E-state index in [9.17, 15) is 13.9 Å². The van der Waals surface area contributed by atoms with Crippen LogP contribution in [0.5, 0.6) is 0 Å². The van der Waals surface area contributed by atoms with Crippen LogP contribution in [0, 0.1) is 6.92 Å². The number of thiazole rings is 1. The molecule has 24 heavy (non-hydrogen) atoms. The number of halogens is 2. The van der Waals surface area contributed by atoms with Crippen molar-refractivity contribution in [2.24, 2.45) is 0 Å². The Morgan fingerprint density at radius 3 is 2.58 bits per heavy atom. The fraction of sp³-hybridized carbons (Fsp3) is 0.500. The van der Waals surface area contributed by atoms with E-state index in [1.807, 2.05) is 30.5 Å². The van der Waals surface area contributed by atoms with E-state index in [1.54, 1.807) is 18.3 Å². The summed E-state index contributed by atoms with van der Waals surface area (Å²) >= 11 is 1.56. The molecule has 0 spiro atoms. The minimum atomic E-state index is -2.52. The summed E-state index contributed by atoms with van der Waals surface area (Å²) in [7, 11) is 0. The third-order valence-electron chi connectivity index (χ3n) is 4.39. The Hall–Kier alpha value is -1.53. The van der Waals surface area contributed by atoms with Crippen molar-refractivity contribution in [3.8, 4) is 10.6 Å². The van der Waals surface area contributed by atoms with Crippen LogP contribution in [0.15, 0.2) is 23.6 Å². The number of rotatable bonds is 4. The molecule has 3 rings (SSSR count). The Balaban J connectivity index is 1.83. The quantitative estimate of drug-likeness (QED) is 0.799. The summed E-state index contributed by atoms with van der Waals surface area (Å²) in [5.74, 6) is -2.52. The van der Waals surface area contributed by atoms with Crippen molar-refractivity contribution in [3.05, 3.63) is 34.8 Å². The molecular formula is C18H22F2N2OS. The first-order valence-electron chi connectivity index (χ1n) is 8.22. The van der Waals surface area contributed by atoms with Crippen LogP contribution in [0.1, 0.15) is 50.0 Å². The van der Waals surface area contributed by atoms with Gasteiger partial charge in [-0.1, -0.05) is 0 Å². The summed E-state index contributed by atoms with van der Waals surface area (Å²) in [5, 5.41) is 16.2. The Labute approximate surface area is 144 Å². The number of alkyl halides is 2. The molecule has 0 aliphatic heterocycles. The number of nitrogens with one attached hydrogen (secondary N) is 1. The second-order valence-electron chi connectivity index (χ2n) is 6.59. The number of hydrogen-bond acceptors (Lipinski definition) is 4. The van der Waals surface area contributed by atoms with Crippen LogP contribution in [0.3, 0.4) is 0 Å². The van der Waals surface area contributed by atoms with Gasteiger partial charge in [0.05, 0.1) is 6.10 Å². The second-order valence-corrected chi connectivity index (χ2v) is 7.45. The fourth-order valence-electron chi connectivity index (χ4n) is 3.01. The lowest BCUT2D eigenvalue weighted by Gasteiger charge is -2.29. The van der Waals surface area contributed by atoms with E-state index in [0.717, 1.165) is 27.5 Å². The minimum Gasteiger partial charge on any atom is -0.389 e. The molecule has 1 aromatic carbocycles. The molecule has 1 atom stereocenters. The van der Waals surface area contributed by atoms with Crippen molar-refractivity contribution in [3.63, 3.8) is 0 Å². The Morgan fingerprint density at radius 2 is 2.00 bits per heavy atom. The number of anilines is 1. The van der Waals surface area contributed by atoms with Gasteiger partial charge in [0.2, 0.25) is 5.92 Å². The molecule has 0 bridgehead atoms. The number of aryl methyl sites for hydroxylation is 1. The van der Waals surface area contributed by atoms with Gasteiger partial charge in [0.1, 0.15) is 5.01 Å². The zero-order valence-electron chi connectivity index (χ0n) is 13.9. The summed E-state index contributed by atoms with van der Waals surface area (Å²) in [4.78, 5) is 4.50. The maximum absolute atomic E-state index is 13.3. The van der Waals surface area contributed by atoms with Gasteiger partial charge in [-0.05, 0) is 50.5 Å². The number of aliphatic hydroxyl groups excluding tert-OH is 1. The zero-order valence-corrected chi connectivity index (χ0v) is 14.7. The van der Waals surface area contributed by atoms with Gasteiger partial charge in [0, 0.05) is 41.2 Å². The molecule has 0 amide bonds. The van der Waals surface area contributed by atoms with Crippen molar-refractivity contribution in [1.29, 1.82) is 0 Å². The smallest absolute Gasteiger partial charge is 0.248 e. The van der Waals surface area contributed by atoms with Crippen LogP contribution in [0.4, 0.5) is 14.5 Å². The SMILES string of the molecule is Cc1csc(-c2cc(NC3CCC(F)(F)CC3)cc(C(C)O)c2)n1. The van der Waals surface area contributed by atoms with Crippen molar-refractivity contribution in [1.82, 2.24) is 4.98 Å². The van der Waals surface area contributed by atoms with Crippen molar-refractivity contribution >= 4 is 17.0 Å². The highest BCUT2D eigenvalue weighted by Gasteiger charge is 2.34. The summed E-state index contributed by atoms with van der Waals surface area (Å²) < 4.78 is 26.6. The molecule has 1 unspecified atom stereocenters. The predicted molar refractivity (Wildman–Crippen MR) is 93.7 cm³/mol. The molecule has 3 nitrogen and oxygen atoms in total. The molecule has 2 N–H and O–H groups in total. The summed E-state index contributed by atoms with van der Waals surface area (Å²) in [6, 6.07) is 5.85. The van der Waals surface area contributed by atoms with Crippen molar-refractivity contribution in [2.45, 2.75) is 57.6 Å². The number of benzene rings is 1. The standard InChI is InChI=1S/C18H22F2N2OS/c1-11-10-24-17(21-11)14-7-13(12(2)23)8-16(9-14)22-15-3-5-18(19,20)6-4-15/h7-10,12,15,22-23H,3-6H2,1-2H3. The largest absolute Gasteiger partial charge is 0.389 e. The molecule has 1 heterocycles. The fourth-order valence-corrected chi connectivity index (χ4v) is 3.79. The molecule has 1 saturated carbocycles. The molecule has 1 aliphatic rings. The summed E-state index contributed by atoms with van der Waals surface area (Å²) in [6.45, 7) is 3.66. The Kier molecular flexibility index (Phi) is 4.88. The number of aromatic nitrogens is 1. The first kappa shape index (κ1) is 17.3. The number of hydrogen-bond donors (Lipinski definition) is 2. The van der Waals surface area contributed by atoms with E-state index in [1.165, 1.54) is 0 Å². The first-order chi connectivity index (χ1) is 11.3. The van der Waals surface area contributed by atoms with E-state index in [4.69, 9.17) is 0 Å². The highest BCUT2D eigenvalue weighted by atomic mass is 32.1. The van der Waals surface area contributed by atoms with Crippen LogP contribution in [0.2, 0.25) is 0 Å². The van der Waals surface area contributed by atoms with Gasteiger partial charge in [0.15, 0.2) is 0 Å². The maximum Gasteiger partial charge on any atom is 0.248 e. The van der Waals surface area contributed by atoms with Gasteiger partial charge < -0.3 is 10.4 Å². The van der Waals surface area contributed by atoms with E-state index in [-0.39, 0.29) is 18.9 Å². The van der Waals surface area contributed by atoms with Crippen LogP contribution >= 0.6 is 11.3 Å². The van der Waals surface area contributed by atoms with Gasteiger partial charge in [-0.15, -0.1) is 11.3 Å². The van der Waals surface area contributed by atoms with Gasteiger partial charge >= 0.3 is 0 Å². The normalized spacial score (nSPS) is 19.2. The van der Waals surface area contributed by atoms with Crippen LogP contribution < -0.4 is 5.32 Å². The van der Waals surface area contributed by atoms with Crippen molar-refractivity contribution in [2.75, 3.05) is 5.32 Å². The minimum absolute atomic E-state index is 0.0414. The molecule has 0 saturated heterocycles. The van der Waals surface area contributed by atoms with Gasteiger partial charge in [-0.3, -0.25) is 0 Å². The summed E-state index contributed by atoms with van der Waals surface area (Å²) in [6.07, 6.45) is 0.176. The molecule has 6 heteroatoms. The van der Waals surface area contributed by atoms with Gasteiger partial charge in [0.25, 0.3) is 0 Å². The molecule has 1 fully saturated rings. The van der Waals surface area contributed by atoms with E-state index in [2.05, 4.69) is 10.3 Å². The highest BCUT2D eigenvalue weighted by Crippen LogP contribution is 2.35. The molecule has 1 aromatic heterocycles. The summed E-state index contributed by atoms with van der Waals surface area (Å²) in [5.41, 5.74) is 3.55. The third-order valence-corrected chi connectivity index (χ3v) is 5.40. The average Bonchev–Trinajstić information content (AvgIpc) is 2.96. The van der Waals surface area contributed by atoms with E-state index >= 15 is 0 Å². The van der Waals surface area contributed by atoms with E-state index < -0.39 is 12.0 Å². The van der Waals surface area contributed by atoms with Crippen LogP contribution in [0.25, 0.3) is 10.6 Å². The van der Waals surface area contributed by atoms with Crippen LogP contribution in [-0.4, -0.2) is 22.1 Å². The average molecular weight is 352 g/mol.